The largest absolute Gasteiger partial charge is 0.481 e. The number of hydrogen-bond donors (Lipinski definition) is 1. The van der Waals surface area contributed by atoms with Crippen LogP contribution in [0.1, 0.15) is 49.4 Å². The van der Waals surface area contributed by atoms with Gasteiger partial charge in [0.05, 0.1) is 13.0 Å². The van der Waals surface area contributed by atoms with Gasteiger partial charge in [0.1, 0.15) is 11.5 Å². The van der Waals surface area contributed by atoms with Crippen molar-refractivity contribution in [1.82, 2.24) is 15.3 Å². The first-order valence-electron chi connectivity index (χ1n) is 10.3. The standard InChI is InChI=1S/C22H27F3N4O2/c1-14-8-10-29(11-9-14)20-17(4-6-18(28-20)22(23,24)25)13-27-21(30)15(2)16-5-7-19(31-3)26-12-16/h4-7,12,14-15H,8-11,13H2,1-3H3,(H,27,30). The molecular weight excluding hydrogens is 409 g/mol. The summed E-state index contributed by atoms with van der Waals surface area (Å²) >= 11 is 0. The van der Waals surface area contributed by atoms with Crippen molar-refractivity contribution in [3.63, 3.8) is 0 Å². The van der Waals surface area contributed by atoms with E-state index in [0.29, 0.717) is 41.8 Å². The molecule has 3 rings (SSSR count). The van der Waals surface area contributed by atoms with Crippen molar-refractivity contribution in [2.24, 2.45) is 5.92 Å². The van der Waals surface area contributed by atoms with E-state index in [0.717, 1.165) is 18.9 Å². The zero-order valence-corrected chi connectivity index (χ0v) is 17.9. The van der Waals surface area contributed by atoms with E-state index in [2.05, 4.69) is 22.2 Å². The number of nitrogens with one attached hydrogen (secondary N) is 1. The fraction of sp³-hybridized carbons (Fsp3) is 0.500. The molecule has 1 atom stereocenters. The summed E-state index contributed by atoms with van der Waals surface area (Å²) in [4.78, 5) is 22.6. The third-order valence-electron chi connectivity index (χ3n) is 5.64. The lowest BCUT2D eigenvalue weighted by atomic mass is 9.99. The highest BCUT2D eigenvalue weighted by atomic mass is 19.4. The van der Waals surface area contributed by atoms with Crippen molar-refractivity contribution in [3.8, 4) is 5.88 Å². The number of pyridine rings is 2. The van der Waals surface area contributed by atoms with Crippen LogP contribution >= 0.6 is 0 Å². The lowest BCUT2D eigenvalue weighted by molar-refractivity contribution is -0.141. The summed E-state index contributed by atoms with van der Waals surface area (Å²) in [6, 6.07) is 5.81. The molecule has 0 spiro atoms. The first-order valence-corrected chi connectivity index (χ1v) is 10.3. The van der Waals surface area contributed by atoms with Crippen LogP contribution in [0.3, 0.4) is 0 Å². The minimum Gasteiger partial charge on any atom is -0.481 e. The zero-order valence-electron chi connectivity index (χ0n) is 17.9. The van der Waals surface area contributed by atoms with Crippen molar-refractivity contribution in [1.29, 1.82) is 0 Å². The molecule has 1 amide bonds. The molecule has 0 bridgehead atoms. The Balaban J connectivity index is 1.75. The quantitative estimate of drug-likeness (QED) is 0.737. The van der Waals surface area contributed by atoms with Gasteiger partial charge in [0.2, 0.25) is 11.8 Å². The van der Waals surface area contributed by atoms with E-state index in [4.69, 9.17) is 4.74 Å². The van der Waals surface area contributed by atoms with E-state index in [1.54, 1.807) is 25.3 Å². The molecule has 1 aliphatic rings. The molecule has 1 unspecified atom stereocenters. The van der Waals surface area contributed by atoms with Crippen LogP contribution in [0.15, 0.2) is 30.5 Å². The summed E-state index contributed by atoms with van der Waals surface area (Å²) < 4.78 is 44.7. The third kappa shape index (κ3) is 5.65. The summed E-state index contributed by atoms with van der Waals surface area (Å²) in [6.07, 6.45) is -1.16. The summed E-state index contributed by atoms with van der Waals surface area (Å²) in [5.41, 5.74) is 0.360. The van der Waals surface area contributed by atoms with E-state index in [9.17, 15) is 18.0 Å². The monoisotopic (exact) mass is 436 g/mol. The van der Waals surface area contributed by atoms with Crippen molar-refractivity contribution in [2.45, 2.75) is 45.3 Å². The Bertz CT molecular complexity index is 895. The number of amides is 1. The zero-order chi connectivity index (χ0) is 22.6. The lowest BCUT2D eigenvalue weighted by Crippen LogP contribution is -2.35. The summed E-state index contributed by atoms with van der Waals surface area (Å²) in [7, 11) is 1.51. The van der Waals surface area contributed by atoms with Crippen LogP contribution in [0.25, 0.3) is 0 Å². The van der Waals surface area contributed by atoms with Crippen LogP contribution < -0.4 is 15.0 Å². The first kappa shape index (κ1) is 22.8. The van der Waals surface area contributed by atoms with Gasteiger partial charge in [0.15, 0.2) is 0 Å². The number of halogens is 3. The van der Waals surface area contributed by atoms with Gasteiger partial charge in [-0.1, -0.05) is 19.1 Å². The van der Waals surface area contributed by atoms with Crippen molar-refractivity contribution < 1.29 is 22.7 Å². The van der Waals surface area contributed by atoms with Gasteiger partial charge in [-0.05, 0) is 37.3 Å². The number of alkyl halides is 3. The Labute approximate surface area is 179 Å². The van der Waals surface area contributed by atoms with E-state index < -0.39 is 17.8 Å². The molecule has 1 fully saturated rings. The molecule has 3 heterocycles. The van der Waals surface area contributed by atoms with Gasteiger partial charge in [-0.25, -0.2) is 9.97 Å². The first-order chi connectivity index (χ1) is 14.7. The molecule has 0 saturated carbocycles. The fourth-order valence-corrected chi connectivity index (χ4v) is 3.52. The molecule has 0 radical (unpaired) electrons. The fourth-order valence-electron chi connectivity index (χ4n) is 3.52. The predicted molar refractivity (Wildman–Crippen MR) is 111 cm³/mol. The van der Waals surface area contributed by atoms with Crippen LogP contribution in [-0.2, 0) is 17.5 Å². The molecule has 31 heavy (non-hydrogen) atoms. The molecule has 0 aliphatic carbocycles. The van der Waals surface area contributed by atoms with E-state index in [1.807, 2.05) is 4.90 Å². The van der Waals surface area contributed by atoms with Crippen LogP contribution in [0, 0.1) is 5.92 Å². The number of anilines is 1. The third-order valence-corrected chi connectivity index (χ3v) is 5.64. The maximum atomic E-state index is 13.2. The maximum absolute atomic E-state index is 13.2. The molecule has 1 saturated heterocycles. The normalized spacial score (nSPS) is 16.1. The second-order valence-corrected chi connectivity index (χ2v) is 7.92. The minimum atomic E-state index is -4.52. The Morgan fingerprint density at radius 1 is 1.26 bits per heavy atom. The SMILES string of the molecule is COc1ccc(C(C)C(=O)NCc2ccc(C(F)(F)F)nc2N2CCC(C)CC2)cn1. The highest BCUT2D eigenvalue weighted by molar-refractivity contribution is 5.83. The van der Waals surface area contributed by atoms with Crippen LogP contribution in [0.4, 0.5) is 19.0 Å². The number of aromatic nitrogens is 2. The van der Waals surface area contributed by atoms with Gasteiger partial charge in [-0.3, -0.25) is 4.79 Å². The van der Waals surface area contributed by atoms with Gasteiger partial charge in [-0.15, -0.1) is 0 Å². The molecular formula is C22H27F3N4O2. The Morgan fingerprint density at radius 2 is 1.97 bits per heavy atom. The number of piperidine rings is 1. The van der Waals surface area contributed by atoms with Crippen LogP contribution in [0.2, 0.25) is 0 Å². The molecule has 168 valence electrons. The van der Waals surface area contributed by atoms with Gasteiger partial charge in [0, 0.05) is 37.5 Å². The van der Waals surface area contributed by atoms with E-state index in [1.165, 1.54) is 13.2 Å². The van der Waals surface area contributed by atoms with E-state index in [-0.39, 0.29) is 12.5 Å². The van der Waals surface area contributed by atoms with E-state index >= 15 is 0 Å². The molecule has 1 aliphatic heterocycles. The smallest absolute Gasteiger partial charge is 0.433 e. The van der Waals surface area contributed by atoms with Gasteiger partial charge >= 0.3 is 6.18 Å². The second-order valence-electron chi connectivity index (χ2n) is 7.92. The number of rotatable bonds is 6. The van der Waals surface area contributed by atoms with Gasteiger partial charge in [0.25, 0.3) is 0 Å². The van der Waals surface area contributed by atoms with Gasteiger partial charge < -0.3 is 15.0 Å². The molecule has 6 nitrogen and oxygen atoms in total. The minimum absolute atomic E-state index is 0.0965. The molecule has 9 heteroatoms. The number of nitrogens with zero attached hydrogens (tertiary/aromatic N) is 3. The number of methoxy groups -OCH3 is 1. The number of carbonyl (C=O) groups excluding carboxylic acids is 1. The van der Waals surface area contributed by atoms with Crippen LogP contribution in [0.5, 0.6) is 5.88 Å². The number of carbonyl (C=O) groups is 1. The Kier molecular flexibility index (Phi) is 7.02. The Morgan fingerprint density at radius 3 is 2.55 bits per heavy atom. The van der Waals surface area contributed by atoms with Gasteiger partial charge in [-0.2, -0.15) is 13.2 Å². The molecule has 2 aromatic heterocycles. The highest BCUT2D eigenvalue weighted by Gasteiger charge is 2.34. The van der Waals surface area contributed by atoms with Crippen LogP contribution in [-0.4, -0.2) is 36.1 Å². The average molecular weight is 436 g/mol. The molecule has 2 aromatic rings. The number of ether oxygens (including phenoxy) is 1. The average Bonchev–Trinajstić information content (AvgIpc) is 2.77. The van der Waals surface area contributed by atoms with Crippen molar-refractivity contribution in [2.75, 3.05) is 25.1 Å². The van der Waals surface area contributed by atoms with Crippen molar-refractivity contribution >= 4 is 11.7 Å². The summed E-state index contributed by atoms with van der Waals surface area (Å²) in [6.45, 7) is 5.26. The summed E-state index contributed by atoms with van der Waals surface area (Å²) in [5, 5.41) is 2.83. The lowest BCUT2D eigenvalue weighted by Gasteiger charge is -2.33. The highest BCUT2D eigenvalue weighted by Crippen LogP contribution is 2.32. The van der Waals surface area contributed by atoms with Crippen molar-refractivity contribution in [3.05, 3.63) is 47.3 Å². The Hall–Kier alpha value is -2.84. The number of hydrogen-bond acceptors (Lipinski definition) is 5. The molecule has 0 aromatic carbocycles. The topological polar surface area (TPSA) is 67.3 Å². The second kappa shape index (κ2) is 9.53. The maximum Gasteiger partial charge on any atom is 0.433 e. The molecule has 1 N–H and O–H groups in total. The summed E-state index contributed by atoms with van der Waals surface area (Å²) in [5.74, 6) is 0.558. The predicted octanol–water partition coefficient (Wildman–Crippen LogP) is 4.16.